The molecule has 0 bridgehead atoms. The number of benzene rings is 1. The Hall–Kier alpha value is -1.10. The van der Waals surface area contributed by atoms with Crippen molar-refractivity contribution in [1.82, 2.24) is 4.90 Å². The van der Waals surface area contributed by atoms with Gasteiger partial charge in [0.15, 0.2) is 0 Å². The third-order valence-corrected chi connectivity index (χ3v) is 5.58. The smallest absolute Gasteiger partial charge is 0.227 e. The van der Waals surface area contributed by atoms with E-state index in [0.29, 0.717) is 6.42 Å². The average molecular weight is 339 g/mol. The lowest BCUT2D eigenvalue weighted by atomic mass is 9.79. The molecular weight excluding hydrogens is 316 g/mol. The van der Waals surface area contributed by atoms with Gasteiger partial charge in [0, 0.05) is 23.8 Å². The lowest BCUT2D eigenvalue weighted by Gasteiger charge is -2.42. The summed E-state index contributed by atoms with van der Waals surface area (Å²) in [6.07, 6.45) is 1.39. The van der Waals surface area contributed by atoms with E-state index in [1.807, 2.05) is 17.0 Å². The summed E-state index contributed by atoms with van der Waals surface area (Å²) < 4.78 is 1.25. The van der Waals surface area contributed by atoms with Crippen LogP contribution >= 0.6 is 23.7 Å². The Morgan fingerprint density at radius 2 is 2.14 bits per heavy atom. The van der Waals surface area contributed by atoms with E-state index in [4.69, 9.17) is 5.73 Å². The molecule has 120 valence electrons. The Bertz CT molecular complexity index is 667. The number of piperidine rings is 1. The zero-order valence-electron chi connectivity index (χ0n) is 13.0. The lowest BCUT2D eigenvalue weighted by Crippen LogP contribution is -2.54. The Labute approximate surface area is 141 Å². The second-order valence-corrected chi connectivity index (χ2v) is 7.54. The molecule has 1 saturated heterocycles. The monoisotopic (exact) mass is 338 g/mol. The summed E-state index contributed by atoms with van der Waals surface area (Å²) in [6.45, 7) is 5.84. The number of likely N-dealkylation sites (tertiary alicyclic amines) is 1. The quantitative estimate of drug-likeness (QED) is 0.911. The van der Waals surface area contributed by atoms with Crippen molar-refractivity contribution in [2.75, 3.05) is 13.1 Å². The van der Waals surface area contributed by atoms with Gasteiger partial charge in [0.05, 0.1) is 6.42 Å². The molecule has 0 aliphatic carbocycles. The van der Waals surface area contributed by atoms with Gasteiger partial charge in [0.25, 0.3) is 0 Å². The van der Waals surface area contributed by atoms with Crippen LogP contribution in [0.2, 0.25) is 0 Å². The van der Waals surface area contributed by atoms with Gasteiger partial charge in [-0.15, -0.1) is 23.7 Å². The summed E-state index contributed by atoms with van der Waals surface area (Å²) in [5.74, 6) is 0.221. The van der Waals surface area contributed by atoms with Crippen LogP contribution in [0.15, 0.2) is 29.6 Å². The zero-order valence-corrected chi connectivity index (χ0v) is 14.7. The number of rotatable bonds is 2. The molecule has 0 radical (unpaired) electrons. The number of carbonyl (C=O) groups is 1. The van der Waals surface area contributed by atoms with Crippen LogP contribution in [0.3, 0.4) is 0 Å². The standard InChI is InChI=1S/C17H22N2OS.ClH/c1-17(2)11-19(8-7-15(17)18)16(20)9-12-10-21-14-6-4-3-5-13(12)14;/h3-6,10,15H,7-9,11,18H2,1-2H3;1H. The first-order valence-electron chi connectivity index (χ1n) is 7.46. The number of hydrogen-bond donors (Lipinski definition) is 1. The fraction of sp³-hybridized carbons (Fsp3) is 0.471. The molecule has 0 saturated carbocycles. The summed E-state index contributed by atoms with van der Waals surface area (Å²) in [4.78, 5) is 14.6. The maximum atomic E-state index is 12.6. The number of carbonyl (C=O) groups excluding carboxylic acids is 1. The molecule has 1 aromatic carbocycles. The van der Waals surface area contributed by atoms with Gasteiger partial charge in [-0.1, -0.05) is 32.0 Å². The number of halogens is 1. The van der Waals surface area contributed by atoms with E-state index in [1.54, 1.807) is 11.3 Å². The van der Waals surface area contributed by atoms with Crippen molar-refractivity contribution in [3.05, 3.63) is 35.2 Å². The van der Waals surface area contributed by atoms with E-state index in [2.05, 4.69) is 31.4 Å². The molecule has 1 atom stereocenters. The van der Waals surface area contributed by atoms with Gasteiger partial charge in [-0.3, -0.25) is 4.79 Å². The van der Waals surface area contributed by atoms with Crippen molar-refractivity contribution < 1.29 is 4.79 Å². The number of hydrogen-bond acceptors (Lipinski definition) is 3. The maximum absolute atomic E-state index is 12.6. The fourth-order valence-corrected chi connectivity index (χ4v) is 3.99. The minimum atomic E-state index is 0. The van der Waals surface area contributed by atoms with Crippen molar-refractivity contribution in [2.45, 2.75) is 32.7 Å². The van der Waals surface area contributed by atoms with Crippen molar-refractivity contribution >= 4 is 39.7 Å². The van der Waals surface area contributed by atoms with Crippen LogP contribution < -0.4 is 5.73 Å². The summed E-state index contributed by atoms with van der Waals surface area (Å²) in [5, 5.41) is 3.33. The van der Waals surface area contributed by atoms with Gasteiger partial charge < -0.3 is 10.6 Å². The Kier molecular flexibility index (Phi) is 5.15. The van der Waals surface area contributed by atoms with Crippen LogP contribution in [0.1, 0.15) is 25.8 Å². The van der Waals surface area contributed by atoms with E-state index in [0.717, 1.165) is 25.1 Å². The largest absolute Gasteiger partial charge is 0.342 e. The number of fused-ring (bicyclic) bond motifs is 1. The summed E-state index contributed by atoms with van der Waals surface area (Å²) in [6, 6.07) is 8.47. The van der Waals surface area contributed by atoms with Crippen LogP contribution in [0, 0.1) is 5.41 Å². The average Bonchev–Trinajstić information content (AvgIpc) is 2.85. The number of nitrogens with zero attached hydrogens (tertiary/aromatic N) is 1. The molecule has 5 heteroatoms. The molecular formula is C17H23ClN2OS. The second kappa shape index (κ2) is 6.57. The number of thiophene rings is 1. The van der Waals surface area contributed by atoms with Crippen molar-refractivity contribution in [1.29, 1.82) is 0 Å². The molecule has 2 heterocycles. The summed E-state index contributed by atoms with van der Waals surface area (Å²) >= 11 is 1.71. The van der Waals surface area contributed by atoms with Crippen molar-refractivity contribution in [2.24, 2.45) is 11.1 Å². The van der Waals surface area contributed by atoms with Crippen LogP contribution in [0.25, 0.3) is 10.1 Å². The summed E-state index contributed by atoms with van der Waals surface area (Å²) in [7, 11) is 0. The molecule has 3 nitrogen and oxygen atoms in total. The first kappa shape index (κ1) is 17.3. The van der Waals surface area contributed by atoms with E-state index in [9.17, 15) is 4.79 Å². The molecule has 2 N–H and O–H groups in total. The van der Waals surface area contributed by atoms with E-state index < -0.39 is 0 Å². The zero-order chi connectivity index (χ0) is 15.0. The Balaban J connectivity index is 0.00000176. The summed E-state index contributed by atoms with van der Waals surface area (Å²) in [5.41, 5.74) is 7.30. The van der Waals surface area contributed by atoms with Crippen molar-refractivity contribution in [3.63, 3.8) is 0 Å². The van der Waals surface area contributed by atoms with Crippen LogP contribution in [-0.2, 0) is 11.2 Å². The maximum Gasteiger partial charge on any atom is 0.227 e. The molecule has 1 aromatic heterocycles. The highest BCUT2D eigenvalue weighted by Gasteiger charge is 2.35. The SMILES string of the molecule is CC1(C)CN(C(=O)Cc2csc3ccccc23)CCC1N.Cl. The first-order chi connectivity index (χ1) is 9.97. The van der Waals surface area contributed by atoms with Gasteiger partial charge in [0.2, 0.25) is 5.91 Å². The van der Waals surface area contributed by atoms with E-state index in [1.165, 1.54) is 10.1 Å². The fourth-order valence-electron chi connectivity index (χ4n) is 3.03. The topological polar surface area (TPSA) is 46.3 Å². The highest BCUT2D eigenvalue weighted by Crippen LogP contribution is 2.30. The molecule has 1 aliphatic heterocycles. The van der Waals surface area contributed by atoms with Crippen molar-refractivity contribution in [3.8, 4) is 0 Å². The third-order valence-electron chi connectivity index (χ3n) is 4.57. The number of nitrogens with two attached hydrogens (primary N) is 1. The molecule has 22 heavy (non-hydrogen) atoms. The molecule has 1 fully saturated rings. The Morgan fingerprint density at radius 3 is 2.86 bits per heavy atom. The minimum Gasteiger partial charge on any atom is -0.342 e. The molecule has 1 amide bonds. The number of amides is 1. The second-order valence-electron chi connectivity index (χ2n) is 6.63. The highest BCUT2D eigenvalue weighted by atomic mass is 35.5. The van der Waals surface area contributed by atoms with Crippen LogP contribution in [-0.4, -0.2) is 29.9 Å². The van der Waals surface area contributed by atoms with E-state index >= 15 is 0 Å². The lowest BCUT2D eigenvalue weighted by molar-refractivity contribution is -0.133. The highest BCUT2D eigenvalue weighted by molar-refractivity contribution is 7.17. The van der Waals surface area contributed by atoms with Gasteiger partial charge in [0.1, 0.15) is 0 Å². The molecule has 3 rings (SSSR count). The van der Waals surface area contributed by atoms with E-state index in [-0.39, 0.29) is 29.8 Å². The molecule has 0 spiro atoms. The molecule has 2 aromatic rings. The predicted octanol–water partition coefficient (Wildman–Crippen LogP) is 3.45. The van der Waals surface area contributed by atoms with Gasteiger partial charge in [-0.25, -0.2) is 0 Å². The Morgan fingerprint density at radius 1 is 1.41 bits per heavy atom. The molecule has 1 aliphatic rings. The van der Waals surface area contributed by atoms with Crippen LogP contribution in [0.4, 0.5) is 0 Å². The first-order valence-corrected chi connectivity index (χ1v) is 8.34. The molecule has 1 unspecified atom stereocenters. The van der Waals surface area contributed by atoms with Gasteiger partial charge in [-0.05, 0) is 34.2 Å². The van der Waals surface area contributed by atoms with Crippen LogP contribution in [0.5, 0.6) is 0 Å². The minimum absolute atomic E-state index is 0. The normalized spacial score (nSPS) is 20.7. The third kappa shape index (κ3) is 3.29. The van der Waals surface area contributed by atoms with Gasteiger partial charge >= 0.3 is 0 Å². The predicted molar refractivity (Wildman–Crippen MR) is 95.7 cm³/mol. The van der Waals surface area contributed by atoms with Gasteiger partial charge in [-0.2, -0.15) is 0 Å².